The monoisotopic (exact) mass is 528 g/mol. The fraction of sp³-hybridized carbons (Fsp3) is 0.138. The number of amides is 2. The van der Waals surface area contributed by atoms with E-state index in [2.05, 4.69) is 22.0 Å². The van der Waals surface area contributed by atoms with Crippen LogP contribution >= 0.6 is 11.8 Å². The molecule has 0 aromatic heterocycles. The first kappa shape index (κ1) is 26.5. The number of dihydropyridines is 1. The largest absolute Gasteiger partial charge is 0.497 e. The SMILES string of the molecule is COc1cccc(NC(=O)CSC2=C(C#N)[C@H](c3ccccc3F)C(C(=O)Nc3ccccc3)=C(C)N2)c1. The van der Waals surface area contributed by atoms with Crippen molar-refractivity contribution in [1.82, 2.24) is 5.32 Å². The predicted octanol–water partition coefficient (Wildman–Crippen LogP) is 5.54. The maximum absolute atomic E-state index is 15.0. The van der Waals surface area contributed by atoms with Crippen LogP contribution in [0.3, 0.4) is 0 Å². The molecule has 2 amide bonds. The number of carbonyl (C=O) groups excluding carboxylic acids is 2. The third-order valence-corrected chi connectivity index (χ3v) is 6.86. The van der Waals surface area contributed by atoms with Crippen LogP contribution in [0.25, 0.3) is 0 Å². The highest BCUT2D eigenvalue weighted by Gasteiger charge is 2.36. The van der Waals surface area contributed by atoms with Crippen molar-refractivity contribution < 1.29 is 18.7 Å². The van der Waals surface area contributed by atoms with Crippen molar-refractivity contribution in [3.05, 3.63) is 112 Å². The van der Waals surface area contributed by atoms with E-state index in [9.17, 15) is 14.9 Å². The Kier molecular flexibility index (Phi) is 8.46. The molecule has 1 aliphatic heterocycles. The lowest BCUT2D eigenvalue weighted by Gasteiger charge is -2.30. The number of nitrogens with zero attached hydrogens (tertiary/aromatic N) is 1. The number of ether oxygens (including phenoxy) is 1. The zero-order valence-corrected chi connectivity index (χ0v) is 21.6. The number of hydrogen-bond donors (Lipinski definition) is 3. The second-order valence-electron chi connectivity index (χ2n) is 8.36. The fourth-order valence-electron chi connectivity index (χ4n) is 4.10. The highest BCUT2D eigenvalue weighted by atomic mass is 32.2. The van der Waals surface area contributed by atoms with Gasteiger partial charge in [0.1, 0.15) is 11.6 Å². The van der Waals surface area contributed by atoms with Crippen LogP contribution in [0.1, 0.15) is 18.4 Å². The Balaban J connectivity index is 1.62. The van der Waals surface area contributed by atoms with Gasteiger partial charge in [-0.25, -0.2) is 4.39 Å². The van der Waals surface area contributed by atoms with Gasteiger partial charge in [0.05, 0.1) is 35.5 Å². The molecule has 3 N–H and O–H groups in total. The molecule has 3 aromatic carbocycles. The fourth-order valence-corrected chi connectivity index (χ4v) is 5.00. The molecule has 0 saturated heterocycles. The number of para-hydroxylation sites is 1. The molecule has 4 rings (SSSR count). The number of allylic oxidation sites excluding steroid dienone is 2. The van der Waals surface area contributed by atoms with Crippen molar-refractivity contribution in [3.8, 4) is 11.8 Å². The summed E-state index contributed by atoms with van der Waals surface area (Å²) < 4.78 is 20.2. The number of halogens is 1. The number of nitrogens with one attached hydrogen (secondary N) is 3. The van der Waals surface area contributed by atoms with Crippen LogP contribution in [0.2, 0.25) is 0 Å². The minimum Gasteiger partial charge on any atom is -0.497 e. The summed E-state index contributed by atoms with van der Waals surface area (Å²) in [7, 11) is 1.54. The van der Waals surface area contributed by atoms with E-state index < -0.39 is 17.6 Å². The number of hydrogen-bond acceptors (Lipinski definition) is 6. The molecule has 9 heteroatoms. The summed E-state index contributed by atoms with van der Waals surface area (Å²) in [5.74, 6) is -1.67. The molecule has 0 radical (unpaired) electrons. The summed E-state index contributed by atoms with van der Waals surface area (Å²) in [4.78, 5) is 26.1. The van der Waals surface area contributed by atoms with Gasteiger partial charge in [-0.15, -0.1) is 0 Å². The average molecular weight is 529 g/mol. The van der Waals surface area contributed by atoms with Crippen molar-refractivity contribution >= 4 is 35.0 Å². The molecular weight excluding hydrogens is 503 g/mol. The summed E-state index contributed by atoms with van der Waals surface area (Å²) in [6, 6.07) is 24.1. The number of nitriles is 1. The van der Waals surface area contributed by atoms with E-state index in [1.54, 1.807) is 73.7 Å². The van der Waals surface area contributed by atoms with Crippen LogP contribution < -0.4 is 20.7 Å². The second-order valence-corrected chi connectivity index (χ2v) is 9.35. The molecule has 0 spiro atoms. The number of anilines is 2. The van der Waals surface area contributed by atoms with Crippen molar-refractivity contribution in [3.63, 3.8) is 0 Å². The van der Waals surface area contributed by atoms with Crippen molar-refractivity contribution in [1.29, 1.82) is 5.26 Å². The molecule has 1 aliphatic rings. The van der Waals surface area contributed by atoms with Gasteiger partial charge in [-0.2, -0.15) is 5.26 Å². The van der Waals surface area contributed by atoms with Gasteiger partial charge in [-0.3, -0.25) is 9.59 Å². The molecule has 1 heterocycles. The number of benzene rings is 3. The Hall–Kier alpha value is -4.55. The first-order chi connectivity index (χ1) is 18.4. The third kappa shape index (κ3) is 6.05. The normalized spacial score (nSPS) is 14.8. The van der Waals surface area contributed by atoms with Gasteiger partial charge in [0.25, 0.3) is 5.91 Å². The highest BCUT2D eigenvalue weighted by Crippen LogP contribution is 2.41. The van der Waals surface area contributed by atoms with E-state index in [1.807, 2.05) is 6.07 Å². The zero-order valence-electron chi connectivity index (χ0n) is 20.7. The summed E-state index contributed by atoms with van der Waals surface area (Å²) in [5.41, 5.74) is 2.17. The Morgan fingerprint density at radius 2 is 1.74 bits per heavy atom. The van der Waals surface area contributed by atoms with E-state index in [-0.39, 0.29) is 28.4 Å². The molecule has 38 heavy (non-hydrogen) atoms. The highest BCUT2D eigenvalue weighted by molar-refractivity contribution is 8.03. The quantitative estimate of drug-likeness (QED) is 0.355. The van der Waals surface area contributed by atoms with Gasteiger partial charge in [0, 0.05) is 34.3 Å². The predicted molar refractivity (Wildman–Crippen MR) is 147 cm³/mol. The number of methoxy groups -OCH3 is 1. The van der Waals surface area contributed by atoms with E-state index >= 15 is 4.39 Å². The molecule has 0 saturated carbocycles. The second kappa shape index (κ2) is 12.1. The van der Waals surface area contributed by atoms with Gasteiger partial charge in [-0.05, 0) is 37.3 Å². The van der Waals surface area contributed by atoms with Crippen molar-refractivity contribution in [2.45, 2.75) is 12.8 Å². The number of carbonyl (C=O) groups is 2. The van der Waals surface area contributed by atoms with Crippen LogP contribution in [0.4, 0.5) is 15.8 Å². The van der Waals surface area contributed by atoms with Crippen molar-refractivity contribution in [2.75, 3.05) is 23.5 Å². The topological polar surface area (TPSA) is 103 Å². The van der Waals surface area contributed by atoms with Crippen LogP contribution in [-0.2, 0) is 9.59 Å². The van der Waals surface area contributed by atoms with Crippen LogP contribution in [0.15, 0.2) is 101 Å². The summed E-state index contributed by atoms with van der Waals surface area (Å²) >= 11 is 1.11. The lowest BCUT2D eigenvalue weighted by molar-refractivity contribution is -0.114. The van der Waals surface area contributed by atoms with E-state index in [1.165, 1.54) is 13.2 Å². The summed E-state index contributed by atoms with van der Waals surface area (Å²) in [6.45, 7) is 1.69. The smallest absolute Gasteiger partial charge is 0.254 e. The van der Waals surface area contributed by atoms with Gasteiger partial charge in [-0.1, -0.05) is 54.2 Å². The van der Waals surface area contributed by atoms with Crippen LogP contribution in [-0.4, -0.2) is 24.7 Å². The summed E-state index contributed by atoms with van der Waals surface area (Å²) in [5, 5.41) is 19.3. The van der Waals surface area contributed by atoms with Gasteiger partial charge >= 0.3 is 0 Å². The maximum atomic E-state index is 15.0. The molecule has 3 aromatic rings. The van der Waals surface area contributed by atoms with E-state index in [0.717, 1.165) is 11.8 Å². The standard InChI is InChI=1S/C29H25FN4O3S/c1-18-26(28(36)34-19-9-4-3-5-10-19)27(22-13-6-7-14-24(22)30)23(16-31)29(32-18)38-17-25(35)33-20-11-8-12-21(15-20)37-2/h3-15,27,32H,17H2,1-2H3,(H,33,35)(H,34,36)/t27-/m0/s1. The molecule has 1 atom stereocenters. The van der Waals surface area contributed by atoms with Gasteiger partial charge in [0.15, 0.2) is 0 Å². The number of thioether (sulfide) groups is 1. The number of rotatable bonds is 8. The van der Waals surface area contributed by atoms with Crippen LogP contribution in [0.5, 0.6) is 5.75 Å². The Bertz CT molecular complexity index is 1460. The molecule has 0 fully saturated rings. The third-order valence-electron chi connectivity index (χ3n) is 5.84. The Labute approximate surface area is 224 Å². The van der Waals surface area contributed by atoms with Crippen LogP contribution in [0, 0.1) is 17.1 Å². The Morgan fingerprint density at radius 1 is 1.03 bits per heavy atom. The zero-order chi connectivity index (χ0) is 27.1. The first-order valence-electron chi connectivity index (χ1n) is 11.7. The van der Waals surface area contributed by atoms with Crippen molar-refractivity contribution in [2.24, 2.45) is 0 Å². The van der Waals surface area contributed by atoms with Gasteiger partial charge in [0.2, 0.25) is 5.91 Å². The molecule has 0 aliphatic carbocycles. The summed E-state index contributed by atoms with van der Waals surface area (Å²) in [6.07, 6.45) is 0. The lowest BCUT2D eigenvalue weighted by atomic mass is 9.82. The molecular formula is C29H25FN4O3S. The lowest BCUT2D eigenvalue weighted by Crippen LogP contribution is -2.31. The molecule has 192 valence electrons. The molecule has 0 bridgehead atoms. The van der Waals surface area contributed by atoms with E-state index in [4.69, 9.17) is 4.74 Å². The minimum atomic E-state index is -0.963. The van der Waals surface area contributed by atoms with E-state index in [0.29, 0.717) is 27.9 Å². The minimum absolute atomic E-state index is 0.0203. The Morgan fingerprint density at radius 3 is 2.45 bits per heavy atom. The molecule has 0 unspecified atom stereocenters. The molecule has 7 nitrogen and oxygen atoms in total. The average Bonchev–Trinajstić information content (AvgIpc) is 2.92. The maximum Gasteiger partial charge on any atom is 0.254 e. The van der Waals surface area contributed by atoms with Gasteiger partial charge < -0.3 is 20.7 Å². The first-order valence-corrected chi connectivity index (χ1v) is 12.7.